The summed E-state index contributed by atoms with van der Waals surface area (Å²) in [6, 6.07) is 7.93. The number of hydrogen-bond acceptors (Lipinski definition) is 4. The molecule has 0 radical (unpaired) electrons. The van der Waals surface area contributed by atoms with Crippen molar-refractivity contribution in [3.05, 3.63) is 29.8 Å². The van der Waals surface area contributed by atoms with Crippen molar-refractivity contribution < 1.29 is 9.59 Å². The monoisotopic (exact) mass is 414 g/mol. The van der Waals surface area contributed by atoms with Gasteiger partial charge in [-0.25, -0.2) is 0 Å². The first-order chi connectivity index (χ1) is 14.4. The van der Waals surface area contributed by atoms with Crippen LogP contribution in [-0.4, -0.2) is 67.9 Å². The maximum Gasteiger partial charge on any atom is 0.230 e. The highest BCUT2D eigenvalue weighted by Gasteiger charge is 2.40. The topological polar surface area (TPSA) is 64.7 Å². The molecule has 1 heterocycles. The van der Waals surface area contributed by atoms with E-state index in [0.717, 1.165) is 69.7 Å². The molecule has 2 fully saturated rings. The largest absolute Gasteiger partial charge is 0.354 e. The Hall–Kier alpha value is -1.92. The molecule has 0 bridgehead atoms. The van der Waals surface area contributed by atoms with E-state index in [-0.39, 0.29) is 17.7 Å². The van der Waals surface area contributed by atoms with Crippen molar-refractivity contribution >= 4 is 17.5 Å². The summed E-state index contributed by atoms with van der Waals surface area (Å²) >= 11 is 0. The Kier molecular flexibility index (Phi) is 7.89. The summed E-state index contributed by atoms with van der Waals surface area (Å²) in [7, 11) is 2.16. The molecule has 6 nitrogen and oxygen atoms in total. The Balaban J connectivity index is 1.63. The number of nitrogens with zero attached hydrogens (tertiary/aromatic N) is 2. The lowest BCUT2D eigenvalue weighted by Crippen LogP contribution is -2.50. The average Bonchev–Trinajstić information content (AvgIpc) is 2.76. The highest BCUT2D eigenvalue weighted by Crippen LogP contribution is 2.40. The molecule has 1 aromatic rings. The maximum atomic E-state index is 13.4. The third-order valence-electron chi connectivity index (χ3n) is 6.68. The molecule has 2 aliphatic rings. The predicted octanol–water partition coefficient (Wildman–Crippen LogP) is 2.85. The SMILES string of the molecule is CC(C)C(=O)Nc1ccc(C2(C(=O)NCCN3CCN(C)CC3)CCCCC2)cc1. The molecule has 0 atom stereocenters. The number of carbonyl (C=O) groups is 2. The molecule has 0 unspecified atom stereocenters. The van der Waals surface area contributed by atoms with Crippen LogP contribution in [0, 0.1) is 5.92 Å². The van der Waals surface area contributed by atoms with Gasteiger partial charge in [-0.05, 0) is 37.6 Å². The Bertz CT molecular complexity index is 702. The second-order valence-electron chi connectivity index (χ2n) is 9.26. The van der Waals surface area contributed by atoms with Crippen molar-refractivity contribution in [3.63, 3.8) is 0 Å². The fraction of sp³-hybridized carbons (Fsp3) is 0.667. The van der Waals surface area contributed by atoms with Crippen molar-refractivity contribution in [3.8, 4) is 0 Å². The minimum absolute atomic E-state index is 0.0109. The molecule has 1 saturated heterocycles. The van der Waals surface area contributed by atoms with E-state index in [0.29, 0.717) is 6.54 Å². The van der Waals surface area contributed by atoms with Gasteiger partial charge in [0.25, 0.3) is 0 Å². The number of amides is 2. The van der Waals surface area contributed by atoms with Gasteiger partial charge in [0.1, 0.15) is 0 Å². The maximum absolute atomic E-state index is 13.4. The van der Waals surface area contributed by atoms with Crippen molar-refractivity contribution in [2.45, 2.75) is 51.4 Å². The van der Waals surface area contributed by atoms with Crippen molar-refractivity contribution in [1.82, 2.24) is 15.1 Å². The Morgan fingerprint density at radius 1 is 1.00 bits per heavy atom. The number of benzene rings is 1. The zero-order valence-corrected chi connectivity index (χ0v) is 18.9. The van der Waals surface area contributed by atoms with E-state index in [9.17, 15) is 9.59 Å². The van der Waals surface area contributed by atoms with Gasteiger partial charge in [-0.2, -0.15) is 0 Å². The number of carbonyl (C=O) groups excluding carboxylic acids is 2. The molecule has 166 valence electrons. The van der Waals surface area contributed by atoms with E-state index in [1.54, 1.807) is 0 Å². The highest BCUT2D eigenvalue weighted by molar-refractivity contribution is 5.92. The number of nitrogens with one attached hydrogen (secondary N) is 2. The van der Waals surface area contributed by atoms with E-state index >= 15 is 0 Å². The number of anilines is 1. The van der Waals surface area contributed by atoms with Crippen LogP contribution >= 0.6 is 0 Å². The molecule has 1 saturated carbocycles. The predicted molar refractivity (Wildman–Crippen MR) is 122 cm³/mol. The average molecular weight is 415 g/mol. The summed E-state index contributed by atoms with van der Waals surface area (Å²) in [5.41, 5.74) is 1.42. The number of piperazine rings is 1. The third-order valence-corrected chi connectivity index (χ3v) is 6.68. The third kappa shape index (κ3) is 5.61. The van der Waals surface area contributed by atoms with Gasteiger partial charge < -0.3 is 15.5 Å². The smallest absolute Gasteiger partial charge is 0.230 e. The molecule has 0 aromatic heterocycles. The van der Waals surface area contributed by atoms with Crippen molar-refractivity contribution in [1.29, 1.82) is 0 Å². The Morgan fingerprint density at radius 2 is 1.63 bits per heavy atom. The quantitative estimate of drug-likeness (QED) is 0.720. The van der Waals surface area contributed by atoms with Gasteiger partial charge in [-0.3, -0.25) is 14.5 Å². The fourth-order valence-electron chi connectivity index (χ4n) is 4.53. The summed E-state index contributed by atoms with van der Waals surface area (Å²) < 4.78 is 0. The van der Waals surface area contributed by atoms with Gasteiger partial charge in [-0.1, -0.05) is 45.2 Å². The molecule has 1 aliphatic heterocycles. The molecule has 2 N–H and O–H groups in total. The van der Waals surface area contributed by atoms with Crippen LogP contribution in [0.1, 0.15) is 51.5 Å². The first-order valence-electron chi connectivity index (χ1n) is 11.5. The van der Waals surface area contributed by atoms with E-state index in [2.05, 4.69) is 27.5 Å². The van der Waals surface area contributed by atoms with Crippen molar-refractivity contribution in [2.75, 3.05) is 51.6 Å². The second-order valence-corrected chi connectivity index (χ2v) is 9.26. The molecule has 2 amide bonds. The van der Waals surface area contributed by atoms with E-state index in [1.807, 2.05) is 38.1 Å². The Labute approximate surface area is 181 Å². The summed E-state index contributed by atoms with van der Waals surface area (Å²) in [5.74, 6) is 0.118. The Morgan fingerprint density at radius 3 is 2.23 bits per heavy atom. The minimum atomic E-state index is -0.443. The van der Waals surface area contributed by atoms with Crippen LogP contribution in [0.4, 0.5) is 5.69 Å². The number of likely N-dealkylation sites (N-methyl/N-ethyl adjacent to an activating group) is 1. The van der Waals surface area contributed by atoms with Crippen LogP contribution in [0.25, 0.3) is 0 Å². The molecular weight excluding hydrogens is 376 g/mol. The van der Waals surface area contributed by atoms with Crippen LogP contribution in [0.2, 0.25) is 0 Å². The van der Waals surface area contributed by atoms with Crippen LogP contribution in [0.3, 0.4) is 0 Å². The van der Waals surface area contributed by atoms with Gasteiger partial charge in [0.15, 0.2) is 0 Å². The van der Waals surface area contributed by atoms with E-state index in [4.69, 9.17) is 0 Å². The van der Waals surface area contributed by atoms with E-state index < -0.39 is 5.41 Å². The summed E-state index contributed by atoms with van der Waals surface area (Å²) in [4.78, 5) is 30.1. The summed E-state index contributed by atoms with van der Waals surface area (Å²) in [6.45, 7) is 9.71. The minimum Gasteiger partial charge on any atom is -0.354 e. The van der Waals surface area contributed by atoms with Gasteiger partial charge in [0.05, 0.1) is 5.41 Å². The molecule has 30 heavy (non-hydrogen) atoms. The van der Waals surface area contributed by atoms with Gasteiger partial charge >= 0.3 is 0 Å². The van der Waals surface area contributed by atoms with Crippen LogP contribution < -0.4 is 10.6 Å². The fourth-order valence-corrected chi connectivity index (χ4v) is 4.53. The van der Waals surface area contributed by atoms with Gasteiger partial charge in [0, 0.05) is 50.9 Å². The van der Waals surface area contributed by atoms with Gasteiger partial charge in [-0.15, -0.1) is 0 Å². The second kappa shape index (κ2) is 10.4. The number of hydrogen-bond donors (Lipinski definition) is 2. The molecule has 0 spiro atoms. The molecule has 1 aliphatic carbocycles. The standard InChI is InChI=1S/C24H38N4O2/c1-19(2)22(29)26-21-9-7-20(8-10-21)24(11-5-4-6-12-24)23(30)25-13-14-28-17-15-27(3)16-18-28/h7-10,19H,4-6,11-18H2,1-3H3,(H,25,30)(H,26,29). The lowest BCUT2D eigenvalue weighted by Gasteiger charge is -2.37. The van der Waals surface area contributed by atoms with Crippen LogP contribution in [0.5, 0.6) is 0 Å². The molecular formula is C24H38N4O2. The molecule has 6 heteroatoms. The lowest BCUT2D eigenvalue weighted by atomic mass is 9.68. The summed E-state index contributed by atoms with van der Waals surface area (Å²) in [5, 5.41) is 6.19. The van der Waals surface area contributed by atoms with Crippen molar-refractivity contribution in [2.24, 2.45) is 5.92 Å². The zero-order valence-electron chi connectivity index (χ0n) is 18.9. The zero-order chi connectivity index (χ0) is 21.6. The molecule has 3 rings (SSSR count). The normalized spacial score (nSPS) is 20.1. The van der Waals surface area contributed by atoms with Crippen LogP contribution in [0.15, 0.2) is 24.3 Å². The van der Waals surface area contributed by atoms with Gasteiger partial charge in [0.2, 0.25) is 11.8 Å². The highest BCUT2D eigenvalue weighted by atomic mass is 16.2. The number of rotatable bonds is 7. The first kappa shape index (κ1) is 22.8. The first-order valence-corrected chi connectivity index (χ1v) is 11.5. The van der Waals surface area contributed by atoms with E-state index in [1.165, 1.54) is 6.42 Å². The summed E-state index contributed by atoms with van der Waals surface area (Å²) in [6.07, 6.45) is 5.14. The lowest BCUT2D eigenvalue weighted by molar-refractivity contribution is -0.128. The molecule has 1 aromatic carbocycles. The van der Waals surface area contributed by atoms with Crippen LogP contribution in [-0.2, 0) is 15.0 Å².